The number of hydrogen-bond donors (Lipinski definition) is 1. The number of nitrogens with zero attached hydrogens (tertiary/aromatic N) is 1. The molecule has 0 spiro atoms. The third-order valence-corrected chi connectivity index (χ3v) is 4.44. The van der Waals surface area contributed by atoms with Crippen LogP contribution >= 0.6 is 23.2 Å². The van der Waals surface area contributed by atoms with E-state index in [2.05, 4.69) is 5.32 Å². The molecule has 1 aromatic carbocycles. The van der Waals surface area contributed by atoms with Crippen LogP contribution in [0.25, 0.3) is 0 Å². The number of hydrogen-bond acceptors (Lipinski definition) is 2. The molecule has 21 heavy (non-hydrogen) atoms. The maximum atomic E-state index is 11.8. The Kier molecular flexibility index (Phi) is 5.48. The maximum absolute atomic E-state index is 11.8. The number of anilines is 1. The van der Waals surface area contributed by atoms with Gasteiger partial charge in [-0.2, -0.15) is 0 Å². The highest BCUT2D eigenvalue weighted by atomic mass is 35.5. The van der Waals surface area contributed by atoms with Gasteiger partial charge in [0.2, 0.25) is 11.8 Å². The van der Waals surface area contributed by atoms with Gasteiger partial charge >= 0.3 is 0 Å². The normalized spacial score (nSPS) is 14.4. The van der Waals surface area contributed by atoms with Crippen LogP contribution in [0.2, 0.25) is 10.0 Å². The highest BCUT2D eigenvalue weighted by Gasteiger charge is 2.24. The second-order valence-corrected chi connectivity index (χ2v) is 6.00. The van der Waals surface area contributed by atoms with Crippen LogP contribution < -0.4 is 10.2 Å². The van der Waals surface area contributed by atoms with Crippen molar-refractivity contribution in [1.82, 2.24) is 5.32 Å². The van der Waals surface area contributed by atoms with Gasteiger partial charge in [0, 0.05) is 31.6 Å². The Balaban J connectivity index is 1.93. The molecule has 114 valence electrons. The van der Waals surface area contributed by atoms with Crippen LogP contribution in [0.5, 0.6) is 0 Å². The molecule has 1 aromatic rings. The first kappa shape index (κ1) is 16.1. The molecule has 0 heterocycles. The molecule has 0 atom stereocenters. The van der Waals surface area contributed by atoms with Crippen LogP contribution in [0.1, 0.15) is 26.2 Å². The summed E-state index contributed by atoms with van der Waals surface area (Å²) in [4.78, 5) is 25.1. The van der Waals surface area contributed by atoms with Crippen LogP contribution in [-0.4, -0.2) is 24.9 Å². The molecule has 1 saturated carbocycles. The third-order valence-electron chi connectivity index (χ3n) is 3.71. The zero-order chi connectivity index (χ0) is 15.4. The number of rotatable bonds is 5. The van der Waals surface area contributed by atoms with Gasteiger partial charge in [-0.3, -0.25) is 9.59 Å². The summed E-state index contributed by atoms with van der Waals surface area (Å²) in [6.45, 7) is 2.32. The van der Waals surface area contributed by atoms with Crippen LogP contribution in [0, 0.1) is 5.92 Å². The lowest BCUT2D eigenvalue weighted by molar-refractivity contribution is -0.127. The predicted octanol–water partition coefficient (Wildman–Crippen LogP) is 3.26. The molecule has 6 heteroatoms. The Morgan fingerprint density at radius 2 is 2.00 bits per heavy atom. The molecule has 2 amide bonds. The van der Waals surface area contributed by atoms with E-state index in [9.17, 15) is 9.59 Å². The van der Waals surface area contributed by atoms with Crippen molar-refractivity contribution in [2.45, 2.75) is 26.2 Å². The molecule has 0 unspecified atom stereocenters. The van der Waals surface area contributed by atoms with E-state index in [1.807, 2.05) is 0 Å². The largest absolute Gasteiger partial charge is 0.354 e. The quantitative estimate of drug-likeness (QED) is 0.901. The summed E-state index contributed by atoms with van der Waals surface area (Å²) in [5.74, 6) is 0.130. The van der Waals surface area contributed by atoms with Crippen molar-refractivity contribution in [2.75, 3.05) is 18.0 Å². The number of amides is 2. The van der Waals surface area contributed by atoms with Gasteiger partial charge in [-0.1, -0.05) is 29.6 Å². The summed E-state index contributed by atoms with van der Waals surface area (Å²) >= 11 is 11.9. The minimum atomic E-state index is -0.105. The summed E-state index contributed by atoms with van der Waals surface area (Å²) in [7, 11) is 0. The molecule has 1 aliphatic rings. The summed E-state index contributed by atoms with van der Waals surface area (Å²) in [6.07, 6.45) is 3.06. The minimum Gasteiger partial charge on any atom is -0.354 e. The number of carbonyl (C=O) groups is 2. The molecule has 0 radical (unpaired) electrons. The monoisotopic (exact) mass is 328 g/mol. The van der Waals surface area contributed by atoms with Gasteiger partial charge in [-0.15, -0.1) is 0 Å². The van der Waals surface area contributed by atoms with Crippen LogP contribution in [-0.2, 0) is 9.59 Å². The lowest BCUT2D eigenvalue weighted by atomic mass is 9.85. The van der Waals surface area contributed by atoms with Crippen LogP contribution in [0.3, 0.4) is 0 Å². The molecule has 0 saturated heterocycles. The first-order chi connectivity index (χ1) is 9.99. The molecular weight excluding hydrogens is 311 g/mol. The summed E-state index contributed by atoms with van der Waals surface area (Å²) in [5, 5.41) is 3.72. The van der Waals surface area contributed by atoms with Crippen LogP contribution in [0.15, 0.2) is 18.2 Å². The van der Waals surface area contributed by atoms with E-state index in [1.54, 1.807) is 23.1 Å². The van der Waals surface area contributed by atoms with E-state index in [1.165, 1.54) is 6.92 Å². The van der Waals surface area contributed by atoms with Gasteiger partial charge in [0.15, 0.2) is 0 Å². The summed E-state index contributed by atoms with van der Waals surface area (Å²) < 4.78 is 0. The van der Waals surface area contributed by atoms with Gasteiger partial charge in [0.05, 0.1) is 10.0 Å². The molecule has 2 rings (SSSR count). The second-order valence-electron chi connectivity index (χ2n) is 5.19. The summed E-state index contributed by atoms with van der Waals surface area (Å²) in [6, 6.07) is 5.05. The fourth-order valence-corrected chi connectivity index (χ4v) is 2.52. The van der Waals surface area contributed by atoms with Crippen molar-refractivity contribution in [3.63, 3.8) is 0 Å². The lowest BCUT2D eigenvalue weighted by Gasteiger charge is -2.26. The Morgan fingerprint density at radius 3 is 2.52 bits per heavy atom. The topological polar surface area (TPSA) is 49.4 Å². The van der Waals surface area contributed by atoms with E-state index in [0.29, 0.717) is 28.8 Å². The van der Waals surface area contributed by atoms with Gasteiger partial charge < -0.3 is 10.2 Å². The van der Waals surface area contributed by atoms with Gasteiger partial charge in [-0.05, 0) is 31.0 Å². The SMILES string of the molecule is CC(=O)N(CCNC(=O)C1CCC1)c1ccc(Cl)c(Cl)c1. The van der Waals surface area contributed by atoms with Crippen molar-refractivity contribution in [3.05, 3.63) is 28.2 Å². The standard InChI is InChI=1S/C15H18Cl2N2O2/c1-10(20)19(12-5-6-13(16)14(17)9-12)8-7-18-15(21)11-3-2-4-11/h5-6,9,11H,2-4,7-8H2,1H3,(H,18,21). The Bertz CT molecular complexity index is 544. The molecule has 0 bridgehead atoms. The molecule has 1 aliphatic carbocycles. The number of carbonyl (C=O) groups excluding carboxylic acids is 2. The molecular formula is C15H18Cl2N2O2. The van der Waals surface area contributed by atoms with Crippen molar-refractivity contribution in [3.8, 4) is 0 Å². The zero-order valence-electron chi connectivity index (χ0n) is 11.9. The number of nitrogens with one attached hydrogen (secondary N) is 1. The highest BCUT2D eigenvalue weighted by molar-refractivity contribution is 6.42. The maximum Gasteiger partial charge on any atom is 0.223 e. The Hall–Kier alpha value is -1.26. The first-order valence-electron chi connectivity index (χ1n) is 7.00. The van der Waals surface area contributed by atoms with Crippen LogP contribution in [0.4, 0.5) is 5.69 Å². The van der Waals surface area contributed by atoms with Crippen molar-refractivity contribution < 1.29 is 9.59 Å². The van der Waals surface area contributed by atoms with Crippen molar-refractivity contribution in [1.29, 1.82) is 0 Å². The fraction of sp³-hybridized carbons (Fsp3) is 0.467. The fourth-order valence-electron chi connectivity index (χ4n) is 2.23. The van der Waals surface area contributed by atoms with Gasteiger partial charge in [0.1, 0.15) is 0 Å². The average molecular weight is 329 g/mol. The van der Waals surface area contributed by atoms with E-state index in [4.69, 9.17) is 23.2 Å². The highest BCUT2D eigenvalue weighted by Crippen LogP contribution is 2.27. The van der Waals surface area contributed by atoms with E-state index in [-0.39, 0.29) is 17.7 Å². The van der Waals surface area contributed by atoms with Gasteiger partial charge in [0.25, 0.3) is 0 Å². The van der Waals surface area contributed by atoms with Crippen molar-refractivity contribution >= 4 is 40.7 Å². The smallest absolute Gasteiger partial charge is 0.223 e. The zero-order valence-corrected chi connectivity index (χ0v) is 13.4. The number of benzene rings is 1. The lowest BCUT2D eigenvalue weighted by Crippen LogP contribution is -2.41. The van der Waals surface area contributed by atoms with Gasteiger partial charge in [-0.25, -0.2) is 0 Å². The molecule has 1 N–H and O–H groups in total. The Labute approximate surface area is 134 Å². The van der Waals surface area contributed by atoms with Crippen molar-refractivity contribution in [2.24, 2.45) is 5.92 Å². The van der Waals surface area contributed by atoms with E-state index in [0.717, 1.165) is 19.3 Å². The average Bonchev–Trinajstić information content (AvgIpc) is 2.35. The second kappa shape index (κ2) is 7.14. The molecule has 4 nitrogen and oxygen atoms in total. The predicted molar refractivity (Wildman–Crippen MR) is 84.8 cm³/mol. The minimum absolute atomic E-state index is 0.0823. The Morgan fingerprint density at radius 1 is 1.29 bits per heavy atom. The third kappa shape index (κ3) is 4.11. The molecule has 0 aliphatic heterocycles. The van der Waals surface area contributed by atoms with E-state index < -0.39 is 0 Å². The molecule has 0 aromatic heterocycles. The number of halogens is 2. The van der Waals surface area contributed by atoms with E-state index >= 15 is 0 Å². The summed E-state index contributed by atoms with van der Waals surface area (Å²) in [5.41, 5.74) is 0.676. The molecule has 1 fully saturated rings. The first-order valence-corrected chi connectivity index (χ1v) is 7.75.